The fourth-order valence-corrected chi connectivity index (χ4v) is 1.53. The van der Waals surface area contributed by atoms with Crippen molar-refractivity contribution in [1.29, 1.82) is 0 Å². The van der Waals surface area contributed by atoms with Crippen LogP contribution in [0.25, 0.3) is 5.57 Å². The lowest BCUT2D eigenvalue weighted by atomic mass is 10.1. The second-order valence-electron chi connectivity index (χ2n) is 3.99. The standard InChI is InChI=1S/C17H20O/c1-5-18-16(4)13-14(2)11-12-15(3)17-9-7-6-8-10-17/h6-13H,2-3,5H2,1,4H3/b12-11+,16-13+. The van der Waals surface area contributed by atoms with Crippen molar-refractivity contribution in [2.24, 2.45) is 0 Å². The lowest BCUT2D eigenvalue weighted by Crippen LogP contribution is -1.86. The molecule has 1 aromatic rings. The van der Waals surface area contributed by atoms with E-state index in [2.05, 4.69) is 13.2 Å². The molecule has 1 rings (SSSR count). The van der Waals surface area contributed by atoms with Crippen molar-refractivity contribution in [2.75, 3.05) is 6.61 Å². The normalized spacial score (nSPS) is 11.6. The Balaban J connectivity index is 2.62. The molecule has 0 aromatic heterocycles. The van der Waals surface area contributed by atoms with E-state index in [4.69, 9.17) is 4.74 Å². The predicted octanol–water partition coefficient (Wildman–Crippen LogP) is 4.75. The van der Waals surface area contributed by atoms with Gasteiger partial charge in [-0.3, -0.25) is 0 Å². The maximum absolute atomic E-state index is 5.35. The molecule has 94 valence electrons. The van der Waals surface area contributed by atoms with Crippen molar-refractivity contribution in [3.8, 4) is 0 Å². The van der Waals surface area contributed by atoms with Gasteiger partial charge in [0.05, 0.1) is 12.4 Å². The minimum Gasteiger partial charge on any atom is -0.499 e. The molecule has 0 atom stereocenters. The number of hydrogen-bond acceptors (Lipinski definition) is 1. The van der Waals surface area contributed by atoms with Crippen molar-refractivity contribution in [3.05, 3.63) is 78.6 Å². The number of ether oxygens (including phenoxy) is 1. The molecule has 1 nitrogen and oxygen atoms in total. The van der Waals surface area contributed by atoms with E-state index in [9.17, 15) is 0 Å². The monoisotopic (exact) mass is 240 g/mol. The minimum atomic E-state index is 0.677. The molecule has 0 saturated heterocycles. The van der Waals surface area contributed by atoms with Crippen molar-refractivity contribution in [1.82, 2.24) is 0 Å². The molecule has 0 aliphatic rings. The molecular weight excluding hydrogens is 220 g/mol. The van der Waals surface area contributed by atoms with Gasteiger partial charge in [0.2, 0.25) is 0 Å². The number of rotatable bonds is 6. The molecule has 0 aliphatic carbocycles. The van der Waals surface area contributed by atoms with Gasteiger partial charge in [-0.25, -0.2) is 0 Å². The zero-order chi connectivity index (χ0) is 13.4. The van der Waals surface area contributed by atoms with Gasteiger partial charge in [0.1, 0.15) is 0 Å². The van der Waals surface area contributed by atoms with E-state index in [1.807, 2.05) is 62.4 Å². The van der Waals surface area contributed by atoms with Gasteiger partial charge >= 0.3 is 0 Å². The van der Waals surface area contributed by atoms with E-state index in [0.29, 0.717) is 6.61 Å². The van der Waals surface area contributed by atoms with Crippen LogP contribution in [0.1, 0.15) is 19.4 Å². The van der Waals surface area contributed by atoms with Gasteiger partial charge in [0.25, 0.3) is 0 Å². The van der Waals surface area contributed by atoms with E-state index in [0.717, 1.165) is 22.5 Å². The number of allylic oxidation sites excluding steroid dienone is 6. The molecule has 0 fully saturated rings. The molecule has 0 saturated carbocycles. The molecule has 0 spiro atoms. The van der Waals surface area contributed by atoms with Crippen molar-refractivity contribution < 1.29 is 4.74 Å². The minimum absolute atomic E-state index is 0.677. The zero-order valence-electron chi connectivity index (χ0n) is 11.1. The lowest BCUT2D eigenvalue weighted by molar-refractivity contribution is 0.231. The first-order valence-corrected chi connectivity index (χ1v) is 6.06. The molecule has 0 amide bonds. The summed E-state index contributed by atoms with van der Waals surface area (Å²) in [5.74, 6) is 0.873. The maximum Gasteiger partial charge on any atom is 0.0934 e. The van der Waals surface area contributed by atoms with Crippen LogP contribution in [-0.4, -0.2) is 6.61 Å². The summed E-state index contributed by atoms with van der Waals surface area (Å²) in [6.45, 7) is 12.6. The second kappa shape index (κ2) is 7.33. The molecular formula is C17H20O. The highest BCUT2D eigenvalue weighted by atomic mass is 16.5. The number of benzene rings is 1. The van der Waals surface area contributed by atoms with Crippen LogP contribution in [0.3, 0.4) is 0 Å². The predicted molar refractivity (Wildman–Crippen MR) is 79.1 cm³/mol. The Labute approximate surface area is 110 Å². The van der Waals surface area contributed by atoms with Crippen molar-refractivity contribution >= 4 is 5.57 Å². The quantitative estimate of drug-likeness (QED) is 0.515. The topological polar surface area (TPSA) is 9.23 Å². The van der Waals surface area contributed by atoms with Gasteiger partial charge in [-0.05, 0) is 36.6 Å². The van der Waals surface area contributed by atoms with Crippen LogP contribution in [0.4, 0.5) is 0 Å². The van der Waals surface area contributed by atoms with E-state index in [1.165, 1.54) is 0 Å². The van der Waals surface area contributed by atoms with E-state index < -0.39 is 0 Å². The molecule has 0 unspecified atom stereocenters. The van der Waals surface area contributed by atoms with Gasteiger partial charge in [-0.2, -0.15) is 0 Å². The van der Waals surface area contributed by atoms with E-state index in [-0.39, 0.29) is 0 Å². The molecule has 1 aromatic carbocycles. The average Bonchev–Trinajstić information content (AvgIpc) is 2.37. The maximum atomic E-state index is 5.35. The SMILES string of the molecule is C=C(/C=C/C(=C)c1ccccc1)/C=C(\C)OCC. The summed E-state index contributed by atoms with van der Waals surface area (Å²) in [5.41, 5.74) is 2.99. The summed E-state index contributed by atoms with van der Waals surface area (Å²) in [6.07, 6.45) is 5.82. The van der Waals surface area contributed by atoms with Gasteiger partial charge < -0.3 is 4.74 Å². The molecule has 0 bridgehead atoms. The fraction of sp³-hybridized carbons (Fsp3) is 0.176. The largest absolute Gasteiger partial charge is 0.499 e. The number of hydrogen-bond donors (Lipinski definition) is 0. The van der Waals surface area contributed by atoms with Gasteiger partial charge in [-0.1, -0.05) is 55.6 Å². The van der Waals surface area contributed by atoms with E-state index >= 15 is 0 Å². The van der Waals surface area contributed by atoms with Crippen molar-refractivity contribution in [3.63, 3.8) is 0 Å². The van der Waals surface area contributed by atoms with Crippen molar-refractivity contribution in [2.45, 2.75) is 13.8 Å². The van der Waals surface area contributed by atoms with Gasteiger partial charge in [-0.15, -0.1) is 0 Å². The van der Waals surface area contributed by atoms with Gasteiger partial charge in [0.15, 0.2) is 0 Å². The molecule has 1 heteroatoms. The zero-order valence-corrected chi connectivity index (χ0v) is 11.1. The first kappa shape index (κ1) is 14.0. The van der Waals surface area contributed by atoms with Crippen LogP contribution in [0.2, 0.25) is 0 Å². The van der Waals surface area contributed by atoms with Crippen LogP contribution in [-0.2, 0) is 4.74 Å². The first-order chi connectivity index (χ1) is 8.63. The second-order valence-corrected chi connectivity index (χ2v) is 3.99. The van der Waals surface area contributed by atoms with Crippen LogP contribution >= 0.6 is 0 Å². The molecule has 0 heterocycles. The Morgan fingerprint density at radius 1 is 1.17 bits per heavy atom. The lowest BCUT2D eigenvalue weighted by Gasteiger charge is -2.02. The summed E-state index contributed by atoms with van der Waals surface area (Å²) in [4.78, 5) is 0. The summed E-state index contributed by atoms with van der Waals surface area (Å²) < 4.78 is 5.35. The van der Waals surface area contributed by atoms with Crippen LogP contribution in [0.5, 0.6) is 0 Å². The first-order valence-electron chi connectivity index (χ1n) is 6.06. The Morgan fingerprint density at radius 3 is 2.44 bits per heavy atom. The Hall–Kier alpha value is -2.02. The van der Waals surface area contributed by atoms with E-state index in [1.54, 1.807) is 0 Å². The van der Waals surface area contributed by atoms with Gasteiger partial charge in [0, 0.05) is 0 Å². The Bertz CT molecular complexity index is 464. The molecule has 0 aliphatic heterocycles. The summed E-state index contributed by atoms with van der Waals surface area (Å²) in [7, 11) is 0. The molecule has 0 radical (unpaired) electrons. The van der Waals surface area contributed by atoms with Crippen LogP contribution in [0, 0.1) is 0 Å². The fourth-order valence-electron chi connectivity index (χ4n) is 1.53. The molecule has 0 N–H and O–H groups in total. The highest BCUT2D eigenvalue weighted by molar-refractivity contribution is 5.72. The highest BCUT2D eigenvalue weighted by Crippen LogP contribution is 2.14. The third-order valence-corrected chi connectivity index (χ3v) is 2.40. The molecule has 18 heavy (non-hydrogen) atoms. The third-order valence-electron chi connectivity index (χ3n) is 2.40. The summed E-state index contributed by atoms with van der Waals surface area (Å²) >= 11 is 0. The van der Waals surface area contributed by atoms with Crippen LogP contribution in [0.15, 0.2) is 73.1 Å². The smallest absolute Gasteiger partial charge is 0.0934 e. The third kappa shape index (κ3) is 4.88. The average molecular weight is 240 g/mol. The Morgan fingerprint density at radius 2 is 1.83 bits per heavy atom. The Kier molecular flexibility index (Phi) is 5.72. The van der Waals surface area contributed by atoms with Crippen LogP contribution < -0.4 is 0 Å². The highest BCUT2D eigenvalue weighted by Gasteiger charge is 1.93. The summed E-state index contributed by atoms with van der Waals surface area (Å²) in [6, 6.07) is 10.1. The summed E-state index contributed by atoms with van der Waals surface area (Å²) in [5, 5.41) is 0.